The van der Waals surface area contributed by atoms with Gasteiger partial charge in [0.1, 0.15) is 0 Å². The molecule has 2 unspecified atom stereocenters. The SMILES string of the molecule is O=C(CNCC(F)(F)F)N(CC1CCCO1)C1CCSC1. The van der Waals surface area contributed by atoms with Crippen LogP contribution in [0.2, 0.25) is 0 Å². The van der Waals surface area contributed by atoms with Crippen LogP contribution >= 0.6 is 11.8 Å². The lowest BCUT2D eigenvalue weighted by molar-refractivity contribution is -0.137. The first-order valence-electron chi connectivity index (χ1n) is 7.22. The molecule has 1 N–H and O–H groups in total. The number of thioether (sulfide) groups is 1. The highest BCUT2D eigenvalue weighted by atomic mass is 32.2. The summed E-state index contributed by atoms with van der Waals surface area (Å²) in [5.41, 5.74) is 0. The van der Waals surface area contributed by atoms with Crippen LogP contribution in [0.3, 0.4) is 0 Å². The molecule has 122 valence electrons. The molecule has 0 saturated carbocycles. The van der Waals surface area contributed by atoms with Crippen molar-refractivity contribution >= 4 is 17.7 Å². The quantitative estimate of drug-likeness (QED) is 0.806. The molecule has 2 aliphatic rings. The second kappa shape index (κ2) is 7.69. The van der Waals surface area contributed by atoms with Crippen LogP contribution in [-0.4, -0.2) is 66.9 Å². The van der Waals surface area contributed by atoms with E-state index in [-0.39, 0.29) is 24.6 Å². The third-order valence-corrected chi connectivity index (χ3v) is 4.84. The van der Waals surface area contributed by atoms with Crippen molar-refractivity contribution < 1.29 is 22.7 Å². The van der Waals surface area contributed by atoms with Gasteiger partial charge >= 0.3 is 6.18 Å². The number of nitrogens with zero attached hydrogens (tertiary/aromatic N) is 1. The number of ether oxygens (including phenoxy) is 1. The number of amides is 1. The van der Waals surface area contributed by atoms with E-state index in [0.717, 1.165) is 30.8 Å². The van der Waals surface area contributed by atoms with E-state index >= 15 is 0 Å². The average molecular weight is 326 g/mol. The number of carbonyl (C=O) groups is 1. The maximum atomic E-state index is 12.2. The van der Waals surface area contributed by atoms with E-state index in [9.17, 15) is 18.0 Å². The number of halogens is 3. The van der Waals surface area contributed by atoms with Crippen molar-refractivity contribution in [1.29, 1.82) is 0 Å². The van der Waals surface area contributed by atoms with Crippen LogP contribution in [0.25, 0.3) is 0 Å². The highest BCUT2D eigenvalue weighted by Gasteiger charge is 2.31. The molecule has 2 rings (SSSR count). The largest absolute Gasteiger partial charge is 0.401 e. The summed E-state index contributed by atoms with van der Waals surface area (Å²) in [4.78, 5) is 14.0. The number of rotatable bonds is 6. The molecule has 2 aliphatic heterocycles. The fraction of sp³-hybridized carbons (Fsp3) is 0.923. The van der Waals surface area contributed by atoms with Gasteiger partial charge in [0.05, 0.1) is 19.2 Å². The smallest absolute Gasteiger partial charge is 0.376 e. The Kier molecular flexibility index (Phi) is 6.19. The topological polar surface area (TPSA) is 41.6 Å². The normalized spacial score (nSPS) is 26.2. The standard InChI is InChI=1S/C13H21F3N2O2S/c14-13(15,16)9-17-6-12(19)18(10-3-5-21-8-10)7-11-2-1-4-20-11/h10-11,17H,1-9H2. The summed E-state index contributed by atoms with van der Waals surface area (Å²) < 4.78 is 41.9. The molecule has 0 aliphatic carbocycles. The molecule has 2 heterocycles. The fourth-order valence-corrected chi connectivity index (χ4v) is 3.87. The Hall–Kier alpha value is -0.470. The van der Waals surface area contributed by atoms with Gasteiger partial charge in [-0.1, -0.05) is 0 Å². The van der Waals surface area contributed by atoms with Gasteiger partial charge in [-0.2, -0.15) is 24.9 Å². The first kappa shape index (κ1) is 16.9. The molecule has 1 amide bonds. The molecule has 4 nitrogen and oxygen atoms in total. The lowest BCUT2D eigenvalue weighted by Gasteiger charge is -2.31. The van der Waals surface area contributed by atoms with E-state index in [4.69, 9.17) is 4.74 Å². The van der Waals surface area contributed by atoms with E-state index in [0.29, 0.717) is 13.2 Å². The van der Waals surface area contributed by atoms with Crippen molar-refractivity contribution in [3.63, 3.8) is 0 Å². The molecule has 0 aromatic carbocycles. The summed E-state index contributed by atoms with van der Waals surface area (Å²) in [5, 5.41) is 2.19. The Balaban J connectivity index is 1.85. The molecule has 21 heavy (non-hydrogen) atoms. The maximum absolute atomic E-state index is 12.2. The molecular formula is C13H21F3N2O2S. The first-order chi connectivity index (χ1) is 9.96. The number of alkyl halides is 3. The zero-order chi connectivity index (χ0) is 15.3. The molecule has 0 radical (unpaired) electrons. The van der Waals surface area contributed by atoms with Crippen molar-refractivity contribution in [1.82, 2.24) is 10.2 Å². The zero-order valence-corrected chi connectivity index (χ0v) is 12.6. The van der Waals surface area contributed by atoms with Gasteiger partial charge in [0, 0.05) is 24.9 Å². The molecule has 0 bridgehead atoms. The highest BCUT2D eigenvalue weighted by Crippen LogP contribution is 2.24. The lowest BCUT2D eigenvalue weighted by Crippen LogP contribution is -2.48. The van der Waals surface area contributed by atoms with E-state index < -0.39 is 12.7 Å². The lowest BCUT2D eigenvalue weighted by atomic mass is 10.1. The van der Waals surface area contributed by atoms with Gasteiger partial charge in [0.25, 0.3) is 0 Å². The van der Waals surface area contributed by atoms with Crippen LogP contribution < -0.4 is 5.32 Å². The Morgan fingerprint density at radius 2 is 2.19 bits per heavy atom. The first-order valence-corrected chi connectivity index (χ1v) is 8.37. The van der Waals surface area contributed by atoms with Crippen LogP contribution in [0.4, 0.5) is 13.2 Å². The fourth-order valence-electron chi connectivity index (χ4n) is 2.64. The van der Waals surface area contributed by atoms with Gasteiger partial charge in [-0.25, -0.2) is 0 Å². The Morgan fingerprint density at radius 1 is 1.38 bits per heavy atom. The molecular weight excluding hydrogens is 305 g/mol. The molecule has 2 fully saturated rings. The second-order valence-electron chi connectivity index (χ2n) is 5.42. The third kappa shape index (κ3) is 5.67. The zero-order valence-electron chi connectivity index (χ0n) is 11.8. The van der Waals surface area contributed by atoms with Crippen molar-refractivity contribution in [2.24, 2.45) is 0 Å². The van der Waals surface area contributed by atoms with Gasteiger partial charge in [-0.05, 0) is 25.0 Å². The summed E-state index contributed by atoms with van der Waals surface area (Å²) in [7, 11) is 0. The molecule has 0 aromatic rings. The summed E-state index contributed by atoms with van der Waals surface area (Å²) in [6, 6.07) is 0.124. The molecule has 2 atom stereocenters. The molecule has 0 aromatic heterocycles. The molecule has 2 saturated heterocycles. The van der Waals surface area contributed by atoms with Crippen molar-refractivity contribution in [2.75, 3.05) is 37.7 Å². The Labute approximate surface area is 126 Å². The monoisotopic (exact) mass is 326 g/mol. The van der Waals surface area contributed by atoms with Gasteiger partial charge < -0.3 is 15.0 Å². The van der Waals surface area contributed by atoms with Crippen LogP contribution in [0.5, 0.6) is 0 Å². The number of nitrogens with one attached hydrogen (secondary N) is 1. The van der Waals surface area contributed by atoms with Crippen molar-refractivity contribution in [2.45, 2.75) is 37.6 Å². The predicted octanol–water partition coefficient (Wildman–Crippen LogP) is 1.65. The summed E-state index contributed by atoms with van der Waals surface area (Å²) in [6.45, 7) is -0.199. The summed E-state index contributed by atoms with van der Waals surface area (Å²) in [5.74, 6) is 1.59. The minimum absolute atomic E-state index is 0.0298. The highest BCUT2D eigenvalue weighted by molar-refractivity contribution is 7.99. The third-order valence-electron chi connectivity index (χ3n) is 3.69. The van der Waals surface area contributed by atoms with Gasteiger partial charge in [0.2, 0.25) is 5.91 Å². The van der Waals surface area contributed by atoms with Crippen LogP contribution in [-0.2, 0) is 9.53 Å². The van der Waals surface area contributed by atoms with Gasteiger partial charge in [0.15, 0.2) is 0 Å². The van der Waals surface area contributed by atoms with Gasteiger partial charge in [-0.15, -0.1) is 0 Å². The summed E-state index contributed by atoms with van der Waals surface area (Å²) in [6.07, 6.45) is -1.45. The number of carbonyl (C=O) groups excluding carboxylic acids is 1. The Morgan fingerprint density at radius 3 is 2.76 bits per heavy atom. The van der Waals surface area contributed by atoms with E-state index in [1.807, 2.05) is 0 Å². The van der Waals surface area contributed by atoms with Crippen molar-refractivity contribution in [3.8, 4) is 0 Å². The van der Waals surface area contributed by atoms with Crippen LogP contribution in [0.15, 0.2) is 0 Å². The van der Waals surface area contributed by atoms with E-state index in [2.05, 4.69) is 5.32 Å². The predicted molar refractivity (Wildman–Crippen MR) is 75.3 cm³/mol. The second-order valence-corrected chi connectivity index (χ2v) is 6.57. The minimum atomic E-state index is -4.29. The minimum Gasteiger partial charge on any atom is -0.376 e. The maximum Gasteiger partial charge on any atom is 0.401 e. The van der Waals surface area contributed by atoms with E-state index in [1.165, 1.54) is 0 Å². The number of hydrogen-bond donors (Lipinski definition) is 1. The number of hydrogen-bond acceptors (Lipinski definition) is 4. The van der Waals surface area contributed by atoms with E-state index in [1.54, 1.807) is 16.7 Å². The van der Waals surface area contributed by atoms with Crippen LogP contribution in [0, 0.1) is 0 Å². The molecule has 0 spiro atoms. The van der Waals surface area contributed by atoms with Crippen molar-refractivity contribution in [3.05, 3.63) is 0 Å². The Bertz CT molecular complexity index is 343. The summed E-state index contributed by atoms with van der Waals surface area (Å²) >= 11 is 1.78. The average Bonchev–Trinajstić information content (AvgIpc) is 3.07. The van der Waals surface area contributed by atoms with Gasteiger partial charge in [-0.3, -0.25) is 4.79 Å². The van der Waals surface area contributed by atoms with Crippen LogP contribution in [0.1, 0.15) is 19.3 Å². The molecule has 8 heteroatoms.